The van der Waals surface area contributed by atoms with Gasteiger partial charge in [-0.2, -0.15) is 0 Å². The van der Waals surface area contributed by atoms with Gasteiger partial charge in [0.1, 0.15) is 11.3 Å². The zero-order valence-corrected chi connectivity index (χ0v) is 9.39. The summed E-state index contributed by atoms with van der Waals surface area (Å²) in [7, 11) is 0. The van der Waals surface area contributed by atoms with E-state index in [9.17, 15) is 14.6 Å². The number of imidazole rings is 1. The van der Waals surface area contributed by atoms with Crippen molar-refractivity contribution in [1.82, 2.24) is 9.55 Å². The summed E-state index contributed by atoms with van der Waals surface area (Å²) in [5.74, 6) is -0.607. The summed E-state index contributed by atoms with van der Waals surface area (Å²) >= 11 is 0. The molecule has 90 valence electrons. The fourth-order valence-electron chi connectivity index (χ4n) is 2.54. The minimum atomic E-state index is -0.658. The van der Waals surface area contributed by atoms with Crippen LogP contribution in [0.4, 0.5) is 4.39 Å². The van der Waals surface area contributed by atoms with Crippen LogP contribution in [-0.4, -0.2) is 25.4 Å². The smallest absolute Gasteiger partial charge is 0.152 e. The Balaban J connectivity index is 2.07. The molecule has 1 aromatic carbocycles. The molecule has 0 amide bonds. The number of aromatic nitrogens is 2. The summed E-state index contributed by atoms with van der Waals surface area (Å²) in [5.41, 5.74) is 0.173. The molecule has 0 spiro atoms. The van der Waals surface area contributed by atoms with Gasteiger partial charge in [-0.1, -0.05) is 0 Å². The highest BCUT2D eigenvalue weighted by molar-refractivity contribution is 5.77. The Morgan fingerprint density at radius 3 is 2.82 bits per heavy atom. The van der Waals surface area contributed by atoms with Crippen molar-refractivity contribution >= 4 is 11.0 Å². The maximum absolute atomic E-state index is 13.8. The van der Waals surface area contributed by atoms with Gasteiger partial charge in [0.25, 0.3) is 0 Å². The molecule has 0 aliphatic heterocycles. The number of rotatable bonds is 1. The van der Waals surface area contributed by atoms with Crippen LogP contribution in [0.3, 0.4) is 0 Å². The Labute approximate surface area is 97.3 Å². The second kappa shape index (κ2) is 3.20. The lowest BCUT2D eigenvalue weighted by atomic mass is 9.77. The van der Waals surface area contributed by atoms with Crippen LogP contribution in [0.5, 0.6) is 5.75 Å². The lowest BCUT2D eigenvalue weighted by molar-refractivity contribution is -0.0499. The zero-order chi connectivity index (χ0) is 12.2. The first kappa shape index (κ1) is 10.5. The van der Waals surface area contributed by atoms with Gasteiger partial charge >= 0.3 is 0 Å². The first-order valence-electron chi connectivity index (χ1n) is 5.54. The SMILES string of the molecule is C[C@]1(O)C[C@@H](n2cnc3cc(O)cc(F)c32)C1. The lowest BCUT2D eigenvalue weighted by Gasteiger charge is -2.41. The van der Waals surface area contributed by atoms with E-state index in [1.165, 1.54) is 6.07 Å². The van der Waals surface area contributed by atoms with Gasteiger partial charge in [0.2, 0.25) is 0 Å². The second-order valence-corrected chi connectivity index (χ2v) is 5.01. The molecule has 1 aromatic heterocycles. The van der Waals surface area contributed by atoms with Crippen LogP contribution in [0.2, 0.25) is 0 Å². The van der Waals surface area contributed by atoms with E-state index in [1.807, 2.05) is 0 Å². The maximum atomic E-state index is 13.8. The molecule has 1 aliphatic carbocycles. The Morgan fingerprint density at radius 2 is 2.18 bits per heavy atom. The van der Waals surface area contributed by atoms with E-state index in [0.717, 1.165) is 6.07 Å². The standard InChI is InChI=1S/C12H13FN2O2/c1-12(17)4-7(5-12)15-6-14-10-3-8(16)2-9(13)11(10)15/h2-3,6-7,16-17H,4-5H2,1H3/t7-,12+. The van der Waals surface area contributed by atoms with Crippen molar-refractivity contribution in [1.29, 1.82) is 0 Å². The average Bonchev–Trinajstić information content (AvgIpc) is 2.57. The van der Waals surface area contributed by atoms with Crippen molar-refractivity contribution in [2.24, 2.45) is 0 Å². The Kier molecular flexibility index (Phi) is 1.98. The van der Waals surface area contributed by atoms with Crippen LogP contribution in [-0.2, 0) is 0 Å². The summed E-state index contributed by atoms with van der Waals surface area (Å²) in [5, 5.41) is 19.0. The molecule has 0 atom stereocenters. The van der Waals surface area contributed by atoms with Gasteiger partial charge in [-0.25, -0.2) is 9.37 Å². The molecule has 2 aromatic rings. The van der Waals surface area contributed by atoms with Crippen molar-refractivity contribution in [3.63, 3.8) is 0 Å². The lowest BCUT2D eigenvalue weighted by Crippen LogP contribution is -2.41. The monoisotopic (exact) mass is 236 g/mol. The molecule has 2 N–H and O–H groups in total. The van der Waals surface area contributed by atoms with Gasteiger partial charge in [-0.15, -0.1) is 0 Å². The molecule has 17 heavy (non-hydrogen) atoms. The van der Waals surface area contributed by atoms with Crippen LogP contribution in [0.25, 0.3) is 11.0 Å². The average molecular weight is 236 g/mol. The number of aromatic hydroxyl groups is 1. The van der Waals surface area contributed by atoms with Crippen LogP contribution >= 0.6 is 0 Å². The van der Waals surface area contributed by atoms with Crippen LogP contribution in [0.15, 0.2) is 18.5 Å². The minimum absolute atomic E-state index is 0.0778. The maximum Gasteiger partial charge on any atom is 0.152 e. The quantitative estimate of drug-likeness (QED) is 0.795. The summed E-state index contributed by atoms with van der Waals surface area (Å²) in [4.78, 5) is 4.07. The summed E-state index contributed by atoms with van der Waals surface area (Å²) in [6.45, 7) is 1.77. The highest BCUT2D eigenvalue weighted by Crippen LogP contribution is 2.42. The van der Waals surface area contributed by atoms with E-state index < -0.39 is 11.4 Å². The molecule has 0 saturated heterocycles. The van der Waals surface area contributed by atoms with E-state index in [4.69, 9.17) is 0 Å². The summed E-state index contributed by atoms with van der Waals surface area (Å²) < 4.78 is 15.5. The Morgan fingerprint density at radius 1 is 1.47 bits per heavy atom. The molecular formula is C12H13FN2O2. The van der Waals surface area contributed by atoms with Gasteiger partial charge in [0.15, 0.2) is 5.82 Å². The predicted molar refractivity (Wildman–Crippen MR) is 60.3 cm³/mol. The zero-order valence-electron chi connectivity index (χ0n) is 9.39. The van der Waals surface area contributed by atoms with E-state index in [1.54, 1.807) is 17.8 Å². The fourth-order valence-corrected chi connectivity index (χ4v) is 2.54. The molecule has 1 saturated carbocycles. The van der Waals surface area contributed by atoms with Gasteiger partial charge in [-0.3, -0.25) is 0 Å². The normalized spacial score (nSPS) is 28.3. The number of aliphatic hydroxyl groups is 1. The van der Waals surface area contributed by atoms with Crippen LogP contribution in [0, 0.1) is 5.82 Å². The molecule has 5 heteroatoms. The third-order valence-electron chi connectivity index (χ3n) is 3.35. The van der Waals surface area contributed by atoms with Crippen molar-refractivity contribution < 1.29 is 14.6 Å². The summed E-state index contributed by atoms with van der Waals surface area (Å²) in [6.07, 6.45) is 2.75. The van der Waals surface area contributed by atoms with Crippen molar-refractivity contribution in [2.75, 3.05) is 0 Å². The van der Waals surface area contributed by atoms with Gasteiger partial charge < -0.3 is 14.8 Å². The molecule has 0 radical (unpaired) electrons. The molecule has 0 bridgehead atoms. The van der Waals surface area contributed by atoms with Crippen molar-refractivity contribution in [2.45, 2.75) is 31.4 Å². The highest BCUT2D eigenvalue weighted by atomic mass is 19.1. The van der Waals surface area contributed by atoms with E-state index >= 15 is 0 Å². The summed E-state index contributed by atoms with van der Waals surface area (Å²) in [6, 6.07) is 2.59. The number of phenolic OH excluding ortho intramolecular Hbond substituents is 1. The number of hydrogen-bond acceptors (Lipinski definition) is 3. The number of halogens is 1. The molecule has 4 nitrogen and oxygen atoms in total. The molecule has 0 unspecified atom stereocenters. The van der Waals surface area contributed by atoms with Crippen LogP contribution < -0.4 is 0 Å². The van der Waals surface area contributed by atoms with Crippen molar-refractivity contribution in [3.05, 3.63) is 24.3 Å². The minimum Gasteiger partial charge on any atom is -0.508 e. The topological polar surface area (TPSA) is 58.3 Å². The first-order valence-corrected chi connectivity index (χ1v) is 5.54. The number of fused-ring (bicyclic) bond motifs is 1. The van der Waals surface area contributed by atoms with E-state index in [2.05, 4.69) is 4.98 Å². The highest BCUT2D eigenvalue weighted by Gasteiger charge is 2.40. The third-order valence-corrected chi connectivity index (χ3v) is 3.35. The Bertz CT molecular complexity index is 583. The van der Waals surface area contributed by atoms with Crippen molar-refractivity contribution in [3.8, 4) is 5.75 Å². The molecule has 1 heterocycles. The van der Waals surface area contributed by atoms with Crippen LogP contribution in [0.1, 0.15) is 25.8 Å². The number of hydrogen-bond donors (Lipinski definition) is 2. The fraction of sp³-hybridized carbons (Fsp3) is 0.417. The largest absolute Gasteiger partial charge is 0.508 e. The number of nitrogens with zero attached hydrogens (tertiary/aromatic N) is 2. The predicted octanol–water partition coefficient (Wildman–Crippen LogP) is 1.97. The number of phenols is 1. The van der Waals surface area contributed by atoms with Gasteiger partial charge in [0, 0.05) is 18.2 Å². The molecule has 1 fully saturated rings. The Hall–Kier alpha value is -1.62. The molecular weight excluding hydrogens is 223 g/mol. The molecule has 1 aliphatic rings. The third kappa shape index (κ3) is 1.58. The van der Waals surface area contributed by atoms with Gasteiger partial charge in [0.05, 0.1) is 17.4 Å². The van der Waals surface area contributed by atoms with Gasteiger partial charge in [-0.05, 0) is 19.8 Å². The second-order valence-electron chi connectivity index (χ2n) is 5.01. The molecule has 3 rings (SSSR count). The first-order chi connectivity index (χ1) is 7.96. The van der Waals surface area contributed by atoms with E-state index in [0.29, 0.717) is 23.9 Å². The van der Waals surface area contributed by atoms with E-state index in [-0.39, 0.29) is 11.8 Å². The number of benzene rings is 1.